The Bertz CT molecular complexity index is 680. The molecule has 0 aliphatic carbocycles. The van der Waals surface area contributed by atoms with Crippen molar-refractivity contribution in [2.24, 2.45) is 0 Å². The van der Waals surface area contributed by atoms with Crippen molar-refractivity contribution in [3.05, 3.63) is 53.5 Å². The van der Waals surface area contributed by atoms with E-state index in [-0.39, 0.29) is 12.5 Å². The van der Waals surface area contributed by atoms with Gasteiger partial charge in [-0.3, -0.25) is 4.79 Å². The molecule has 1 amide bonds. The molecule has 0 spiro atoms. The molecular weight excluding hydrogens is 292 g/mol. The topological polar surface area (TPSA) is 56.9 Å². The van der Waals surface area contributed by atoms with Crippen molar-refractivity contribution < 1.29 is 14.3 Å². The highest BCUT2D eigenvalue weighted by Gasteiger charge is 2.23. The SMILES string of the molecule is Cc1ccccc1N1CCCN(C(=O)c2ccc(CO)o2)CC1. The number of furan rings is 1. The van der Waals surface area contributed by atoms with Crippen LogP contribution in [0.4, 0.5) is 5.69 Å². The summed E-state index contributed by atoms with van der Waals surface area (Å²) in [5, 5.41) is 9.05. The van der Waals surface area contributed by atoms with Gasteiger partial charge in [-0.2, -0.15) is 0 Å². The van der Waals surface area contributed by atoms with Crippen molar-refractivity contribution in [1.29, 1.82) is 0 Å². The lowest BCUT2D eigenvalue weighted by Crippen LogP contribution is -2.35. The molecule has 1 fully saturated rings. The lowest BCUT2D eigenvalue weighted by molar-refractivity contribution is 0.0730. The number of hydrogen-bond acceptors (Lipinski definition) is 4. The third-order valence-corrected chi connectivity index (χ3v) is 4.27. The van der Waals surface area contributed by atoms with E-state index in [1.165, 1.54) is 11.3 Å². The predicted octanol–water partition coefficient (Wildman–Crippen LogP) is 2.43. The van der Waals surface area contributed by atoms with Gasteiger partial charge in [0.2, 0.25) is 0 Å². The van der Waals surface area contributed by atoms with Crippen LogP contribution in [0, 0.1) is 6.92 Å². The first-order valence-corrected chi connectivity index (χ1v) is 7.98. The maximum Gasteiger partial charge on any atom is 0.289 e. The molecule has 0 radical (unpaired) electrons. The monoisotopic (exact) mass is 314 g/mol. The fraction of sp³-hybridized carbons (Fsp3) is 0.389. The first-order chi connectivity index (χ1) is 11.2. The van der Waals surface area contributed by atoms with Crippen molar-refractivity contribution in [3.8, 4) is 0 Å². The Morgan fingerprint density at radius 1 is 1.13 bits per heavy atom. The fourth-order valence-corrected chi connectivity index (χ4v) is 3.01. The zero-order valence-corrected chi connectivity index (χ0v) is 13.4. The molecule has 23 heavy (non-hydrogen) atoms. The fourth-order valence-electron chi connectivity index (χ4n) is 3.01. The number of carbonyl (C=O) groups excluding carboxylic acids is 1. The number of aliphatic hydroxyl groups excluding tert-OH is 1. The standard InChI is InChI=1S/C18H22N2O3/c1-14-5-2-3-6-16(14)19-9-4-10-20(12-11-19)18(22)17-8-7-15(13-21)23-17/h2-3,5-8,21H,4,9-13H2,1H3. The molecule has 1 aliphatic rings. The van der Waals surface area contributed by atoms with Crippen molar-refractivity contribution in [2.45, 2.75) is 20.0 Å². The minimum absolute atomic E-state index is 0.101. The summed E-state index contributed by atoms with van der Waals surface area (Å²) in [4.78, 5) is 16.7. The molecule has 1 saturated heterocycles. The first kappa shape index (κ1) is 15.6. The summed E-state index contributed by atoms with van der Waals surface area (Å²) in [7, 11) is 0. The number of amides is 1. The second-order valence-electron chi connectivity index (χ2n) is 5.84. The van der Waals surface area contributed by atoms with Crippen molar-refractivity contribution in [3.63, 3.8) is 0 Å². The highest BCUT2D eigenvalue weighted by atomic mass is 16.4. The van der Waals surface area contributed by atoms with Crippen LogP contribution in [0.15, 0.2) is 40.8 Å². The molecule has 122 valence electrons. The molecule has 0 bridgehead atoms. The number of nitrogens with zero attached hydrogens (tertiary/aromatic N) is 2. The number of benzene rings is 1. The third kappa shape index (κ3) is 3.40. The second-order valence-corrected chi connectivity index (χ2v) is 5.84. The maximum atomic E-state index is 12.5. The first-order valence-electron chi connectivity index (χ1n) is 7.98. The number of aliphatic hydroxyl groups is 1. The molecule has 5 heteroatoms. The highest BCUT2D eigenvalue weighted by Crippen LogP contribution is 2.21. The van der Waals surface area contributed by atoms with Gasteiger partial charge < -0.3 is 19.3 Å². The van der Waals surface area contributed by atoms with E-state index in [1.54, 1.807) is 12.1 Å². The van der Waals surface area contributed by atoms with Crippen LogP contribution in [0.2, 0.25) is 0 Å². The van der Waals surface area contributed by atoms with Crippen LogP contribution in [0.1, 0.15) is 28.3 Å². The molecule has 1 aromatic carbocycles. The van der Waals surface area contributed by atoms with E-state index in [0.29, 0.717) is 18.1 Å². The lowest BCUT2D eigenvalue weighted by atomic mass is 10.2. The van der Waals surface area contributed by atoms with E-state index in [2.05, 4.69) is 30.0 Å². The molecule has 5 nitrogen and oxygen atoms in total. The Morgan fingerprint density at radius 3 is 2.70 bits per heavy atom. The van der Waals surface area contributed by atoms with Crippen LogP contribution in [0.3, 0.4) is 0 Å². The molecule has 0 atom stereocenters. The number of para-hydroxylation sites is 1. The minimum atomic E-state index is -0.186. The van der Waals surface area contributed by atoms with Crippen LogP contribution in [0.25, 0.3) is 0 Å². The molecule has 1 aliphatic heterocycles. The lowest BCUT2D eigenvalue weighted by Gasteiger charge is -2.25. The highest BCUT2D eigenvalue weighted by molar-refractivity contribution is 5.91. The normalized spacial score (nSPS) is 15.6. The van der Waals surface area contributed by atoms with Crippen LogP contribution >= 0.6 is 0 Å². The van der Waals surface area contributed by atoms with Crippen molar-refractivity contribution in [2.75, 3.05) is 31.1 Å². The number of carbonyl (C=O) groups is 1. The number of hydrogen-bond donors (Lipinski definition) is 1. The molecular formula is C18H22N2O3. The van der Waals surface area contributed by atoms with Gasteiger partial charge in [-0.1, -0.05) is 18.2 Å². The third-order valence-electron chi connectivity index (χ3n) is 4.27. The Labute approximate surface area is 136 Å². The average Bonchev–Trinajstić information content (AvgIpc) is 2.92. The average molecular weight is 314 g/mol. The van der Waals surface area contributed by atoms with Gasteiger partial charge in [-0.25, -0.2) is 0 Å². The smallest absolute Gasteiger partial charge is 0.289 e. The van der Waals surface area contributed by atoms with Gasteiger partial charge >= 0.3 is 0 Å². The van der Waals surface area contributed by atoms with Crippen LogP contribution in [0.5, 0.6) is 0 Å². The Kier molecular flexibility index (Phi) is 4.67. The Morgan fingerprint density at radius 2 is 1.96 bits per heavy atom. The molecule has 0 saturated carbocycles. The second kappa shape index (κ2) is 6.87. The summed E-state index contributed by atoms with van der Waals surface area (Å²) < 4.78 is 5.36. The molecule has 1 N–H and O–H groups in total. The van der Waals surface area contributed by atoms with Crippen molar-refractivity contribution in [1.82, 2.24) is 4.90 Å². The summed E-state index contributed by atoms with van der Waals surface area (Å²) in [6.45, 7) is 5.06. The van der Waals surface area contributed by atoms with Crippen LogP contribution < -0.4 is 4.90 Å². The van der Waals surface area contributed by atoms with Gasteiger partial charge in [0, 0.05) is 31.9 Å². The molecule has 2 aromatic rings. The Hall–Kier alpha value is -2.27. The van der Waals surface area contributed by atoms with Crippen molar-refractivity contribution >= 4 is 11.6 Å². The van der Waals surface area contributed by atoms with E-state index >= 15 is 0 Å². The number of anilines is 1. The largest absolute Gasteiger partial charge is 0.453 e. The predicted molar refractivity (Wildman–Crippen MR) is 88.5 cm³/mol. The minimum Gasteiger partial charge on any atom is -0.453 e. The quantitative estimate of drug-likeness (QED) is 0.945. The summed E-state index contributed by atoms with van der Waals surface area (Å²) in [6, 6.07) is 11.6. The molecule has 1 aromatic heterocycles. The van der Waals surface area contributed by atoms with E-state index in [9.17, 15) is 4.79 Å². The van der Waals surface area contributed by atoms with E-state index in [1.807, 2.05) is 11.0 Å². The summed E-state index contributed by atoms with van der Waals surface area (Å²) >= 11 is 0. The van der Waals surface area contributed by atoms with Gasteiger partial charge in [0.15, 0.2) is 5.76 Å². The van der Waals surface area contributed by atoms with Crippen LogP contribution in [-0.2, 0) is 6.61 Å². The zero-order valence-electron chi connectivity index (χ0n) is 13.4. The van der Waals surface area contributed by atoms with Gasteiger partial charge in [0.25, 0.3) is 5.91 Å². The summed E-state index contributed by atoms with van der Waals surface area (Å²) in [5.74, 6) is 0.624. The Balaban J connectivity index is 1.68. The van der Waals surface area contributed by atoms with E-state index < -0.39 is 0 Å². The summed E-state index contributed by atoms with van der Waals surface area (Å²) in [6.07, 6.45) is 0.924. The van der Waals surface area contributed by atoms with E-state index in [0.717, 1.165) is 26.1 Å². The van der Waals surface area contributed by atoms with Gasteiger partial charge in [0.05, 0.1) is 0 Å². The van der Waals surface area contributed by atoms with E-state index in [4.69, 9.17) is 9.52 Å². The van der Waals surface area contributed by atoms with Crippen LogP contribution in [-0.4, -0.2) is 42.1 Å². The van der Waals surface area contributed by atoms with Gasteiger partial charge in [-0.15, -0.1) is 0 Å². The molecule has 0 unspecified atom stereocenters. The number of aryl methyl sites for hydroxylation is 1. The van der Waals surface area contributed by atoms with Gasteiger partial charge in [-0.05, 0) is 37.1 Å². The zero-order chi connectivity index (χ0) is 16.2. The maximum absolute atomic E-state index is 12.5. The number of rotatable bonds is 3. The summed E-state index contributed by atoms with van der Waals surface area (Å²) in [5.41, 5.74) is 2.49. The van der Waals surface area contributed by atoms with Gasteiger partial charge in [0.1, 0.15) is 12.4 Å². The molecule has 2 heterocycles. The molecule has 3 rings (SSSR count).